The lowest BCUT2D eigenvalue weighted by Crippen LogP contribution is -2.24. The molecule has 2 aromatic rings. The maximum atomic E-state index is 12.7. The van der Waals surface area contributed by atoms with E-state index in [9.17, 15) is 9.18 Å². The van der Waals surface area contributed by atoms with E-state index in [0.717, 1.165) is 5.56 Å². The third kappa shape index (κ3) is 4.49. The van der Waals surface area contributed by atoms with E-state index in [2.05, 4.69) is 15.5 Å². The summed E-state index contributed by atoms with van der Waals surface area (Å²) in [6.07, 6.45) is 4.74. The minimum atomic E-state index is -0.408. The predicted molar refractivity (Wildman–Crippen MR) is 71.9 cm³/mol. The molecule has 0 aliphatic carbocycles. The highest BCUT2D eigenvalue weighted by Crippen LogP contribution is 2.10. The van der Waals surface area contributed by atoms with Gasteiger partial charge in [-0.25, -0.2) is 9.82 Å². The molecule has 0 aliphatic heterocycles. The Labute approximate surface area is 115 Å². The van der Waals surface area contributed by atoms with Gasteiger partial charge in [-0.2, -0.15) is 5.10 Å². The molecule has 0 saturated heterocycles. The van der Waals surface area contributed by atoms with Crippen LogP contribution in [0.5, 0.6) is 5.75 Å². The number of benzene rings is 1. The van der Waals surface area contributed by atoms with Gasteiger partial charge in [0.1, 0.15) is 11.6 Å². The number of halogens is 1. The Morgan fingerprint density at radius 1 is 1.35 bits per heavy atom. The Morgan fingerprint density at radius 3 is 2.85 bits per heavy atom. The van der Waals surface area contributed by atoms with Crippen LogP contribution >= 0.6 is 0 Å². The summed E-state index contributed by atoms with van der Waals surface area (Å²) in [4.78, 5) is 15.3. The SMILES string of the molecule is O=C(COc1ccc(F)cc1)N/N=C\c1cccnc1. The van der Waals surface area contributed by atoms with Crippen LogP contribution in [0, 0.1) is 5.82 Å². The monoisotopic (exact) mass is 273 g/mol. The number of nitrogens with one attached hydrogen (secondary N) is 1. The van der Waals surface area contributed by atoms with Crippen LogP contribution in [0.25, 0.3) is 0 Å². The molecular weight excluding hydrogens is 261 g/mol. The summed E-state index contributed by atoms with van der Waals surface area (Å²) in [7, 11) is 0. The second kappa shape index (κ2) is 6.98. The molecule has 1 heterocycles. The Kier molecular flexibility index (Phi) is 4.77. The standard InChI is InChI=1S/C14H12FN3O2/c15-12-3-5-13(6-4-12)20-10-14(19)18-17-9-11-2-1-7-16-8-11/h1-9H,10H2,(H,18,19)/b17-9-. The third-order valence-corrected chi connectivity index (χ3v) is 2.27. The van der Waals surface area contributed by atoms with Crippen LogP contribution in [0.1, 0.15) is 5.56 Å². The van der Waals surface area contributed by atoms with Gasteiger partial charge in [0.25, 0.3) is 5.91 Å². The number of carbonyl (C=O) groups is 1. The normalized spacial score (nSPS) is 10.4. The molecule has 20 heavy (non-hydrogen) atoms. The molecule has 1 amide bonds. The molecular formula is C14H12FN3O2. The molecule has 1 aromatic carbocycles. The van der Waals surface area contributed by atoms with E-state index in [1.54, 1.807) is 24.5 Å². The number of hydrazone groups is 1. The Bertz CT molecular complexity index is 585. The summed E-state index contributed by atoms with van der Waals surface area (Å²) in [5.41, 5.74) is 3.09. The van der Waals surface area contributed by atoms with Gasteiger partial charge in [-0.05, 0) is 30.3 Å². The molecule has 102 valence electrons. The number of hydrogen-bond donors (Lipinski definition) is 1. The highest BCUT2D eigenvalue weighted by molar-refractivity contribution is 5.82. The number of hydrogen-bond acceptors (Lipinski definition) is 4. The van der Waals surface area contributed by atoms with Crippen molar-refractivity contribution in [3.8, 4) is 5.75 Å². The van der Waals surface area contributed by atoms with Gasteiger partial charge in [-0.3, -0.25) is 9.78 Å². The molecule has 0 saturated carbocycles. The Hall–Kier alpha value is -2.76. The zero-order chi connectivity index (χ0) is 14.2. The van der Waals surface area contributed by atoms with Crippen LogP contribution in [0.15, 0.2) is 53.9 Å². The van der Waals surface area contributed by atoms with Crippen LogP contribution in [0.2, 0.25) is 0 Å². The van der Waals surface area contributed by atoms with E-state index >= 15 is 0 Å². The molecule has 1 N–H and O–H groups in total. The maximum Gasteiger partial charge on any atom is 0.277 e. The molecule has 0 unspecified atom stereocenters. The lowest BCUT2D eigenvalue weighted by molar-refractivity contribution is -0.123. The number of pyridine rings is 1. The lowest BCUT2D eigenvalue weighted by atomic mass is 10.3. The molecule has 0 spiro atoms. The lowest BCUT2D eigenvalue weighted by Gasteiger charge is -2.04. The summed E-state index contributed by atoms with van der Waals surface area (Å²) in [6, 6.07) is 8.98. The average molecular weight is 273 g/mol. The van der Waals surface area contributed by atoms with E-state index in [0.29, 0.717) is 5.75 Å². The highest BCUT2D eigenvalue weighted by atomic mass is 19.1. The Morgan fingerprint density at radius 2 is 2.15 bits per heavy atom. The second-order valence-corrected chi connectivity index (χ2v) is 3.82. The van der Waals surface area contributed by atoms with Crippen molar-refractivity contribution in [3.05, 3.63) is 60.2 Å². The third-order valence-electron chi connectivity index (χ3n) is 2.27. The maximum absolute atomic E-state index is 12.7. The molecule has 0 bridgehead atoms. The van der Waals surface area contributed by atoms with Crippen molar-refractivity contribution in [2.45, 2.75) is 0 Å². The number of ether oxygens (including phenoxy) is 1. The van der Waals surface area contributed by atoms with Crippen molar-refractivity contribution < 1.29 is 13.9 Å². The minimum Gasteiger partial charge on any atom is -0.484 e. The van der Waals surface area contributed by atoms with Crippen LogP contribution in [-0.4, -0.2) is 23.7 Å². The molecule has 1 aromatic heterocycles. The van der Waals surface area contributed by atoms with E-state index in [4.69, 9.17) is 4.74 Å². The summed E-state index contributed by atoms with van der Waals surface area (Å²) in [5, 5.41) is 3.76. The zero-order valence-electron chi connectivity index (χ0n) is 10.5. The first-order valence-corrected chi connectivity index (χ1v) is 5.84. The first-order chi connectivity index (χ1) is 9.74. The van der Waals surface area contributed by atoms with E-state index < -0.39 is 5.91 Å². The number of nitrogens with zero attached hydrogens (tertiary/aromatic N) is 2. The molecule has 0 fully saturated rings. The van der Waals surface area contributed by atoms with Crippen molar-refractivity contribution in [3.63, 3.8) is 0 Å². The van der Waals surface area contributed by atoms with Crippen LogP contribution in [-0.2, 0) is 4.79 Å². The topological polar surface area (TPSA) is 63.6 Å². The van der Waals surface area contributed by atoms with Gasteiger partial charge >= 0.3 is 0 Å². The number of carbonyl (C=O) groups excluding carboxylic acids is 1. The van der Waals surface area contributed by atoms with Gasteiger partial charge in [0, 0.05) is 18.0 Å². The van der Waals surface area contributed by atoms with Gasteiger partial charge < -0.3 is 4.74 Å². The average Bonchev–Trinajstić information content (AvgIpc) is 2.48. The fourth-order valence-electron chi connectivity index (χ4n) is 1.34. The molecule has 0 radical (unpaired) electrons. The first-order valence-electron chi connectivity index (χ1n) is 5.84. The van der Waals surface area contributed by atoms with Crippen molar-refractivity contribution in [1.29, 1.82) is 0 Å². The fourth-order valence-corrected chi connectivity index (χ4v) is 1.34. The van der Waals surface area contributed by atoms with E-state index in [1.165, 1.54) is 30.5 Å². The smallest absolute Gasteiger partial charge is 0.277 e. The summed E-state index contributed by atoms with van der Waals surface area (Å²) in [6.45, 7) is -0.198. The van der Waals surface area contributed by atoms with Crippen molar-refractivity contribution in [2.24, 2.45) is 5.10 Å². The molecule has 0 atom stereocenters. The van der Waals surface area contributed by atoms with E-state index in [-0.39, 0.29) is 12.4 Å². The number of amides is 1. The second-order valence-electron chi connectivity index (χ2n) is 3.82. The predicted octanol–water partition coefficient (Wildman–Crippen LogP) is 1.75. The van der Waals surface area contributed by atoms with Gasteiger partial charge in [0.15, 0.2) is 6.61 Å². The fraction of sp³-hybridized carbons (Fsp3) is 0.0714. The summed E-state index contributed by atoms with van der Waals surface area (Å²) >= 11 is 0. The highest BCUT2D eigenvalue weighted by Gasteiger charge is 2.01. The molecule has 0 aliphatic rings. The number of aromatic nitrogens is 1. The largest absolute Gasteiger partial charge is 0.484 e. The quantitative estimate of drug-likeness (QED) is 0.666. The van der Waals surface area contributed by atoms with E-state index in [1.807, 2.05) is 0 Å². The van der Waals surface area contributed by atoms with Gasteiger partial charge in [0.2, 0.25) is 0 Å². The van der Waals surface area contributed by atoms with Gasteiger partial charge in [-0.15, -0.1) is 0 Å². The van der Waals surface area contributed by atoms with Crippen LogP contribution in [0.4, 0.5) is 4.39 Å². The van der Waals surface area contributed by atoms with Gasteiger partial charge in [0.05, 0.1) is 6.21 Å². The summed E-state index contributed by atoms with van der Waals surface area (Å²) in [5.74, 6) is -0.352. The van der Waals surface area contributed by atoms with Crippen LogP contribution in [0.3, 0.4) is 0 Å². The molecule has 5 nitrogen and oxygen atoms in total. The van der Waals surface area contributed by atoms with Gasteiger partial charge in [-0.1, -0.05) is 6.07 Å². The first kappa shape index (κ1) is 13.7. The van der Waals surface area contributed by atoms with Crippen molar-refractivity contribution in [1.82, 2.24) is 10.4 Å². The zero-order valence-corrected chi connectivity index (χ0v) is 10.5. The summed E-state index contributed by atoms with van der Waals surface area (Å²) < 4.78 is 17.8. The molecule has 2 rings (SSSR count). The minimum absolute atomic E-state index is 0.198. The number of rotatable bonds is 5. The Balaban J connectivity index is 1.76. The van der Waals surface area contributed by atoms with Crippen molar-refractivity contribution in [2.75, 3.05) is 6.61 Å². The van der Waals surface area contributed by atoms with Crippen molar-refractivity contribution >= 4 is 12.1 Å². The molecule has 6 heteroatoms. The van der Waals surface area contributed by atoms with Crippen LogP contribution < -0.4 is 10.2 Å².